The van der Waals surface area contributed by atoms with E-state index in [0.29, 0.717) is 11.6 Å². The molecule has 0 saturated carbocycles. The van der Waals surface area contributed by atoms with Gasteiger partial charge in [0.05, 0.1) is 0 Å². The molecule has 0 aliphatic carbocycles. The van der Waals surface area contributed by atoms with Gasteiger partial charge >= 0.3 is 6.09 Å². The van der Waals surface area contributed by atoms with E-state index >= 15 is 0 Å². The first-order chi connectivity index (χ1) is 9.17. The molecule has 0 bridgehead atoms. The average molecular weight is 282 g/mol. The van der Waals surface area contributed by atoms with Gasteiger partial charge in [-0.3, -0.25) is 9.62 Å². The first-order valence-corrected chi connectivity index (χ1v) is 7.42. The number of hydrogen-bond acceptors (Lipinski definition) is 6. The first-order valence-electron chi connectivity index (χ1n) is 6.23. The number of nitrogens with one attached hydrogen (secondary N) is 1. The molecule has 1 aliphatic rings. The second-order valence-electron chi connectivity index (χ2n) is 4.33. The van der Waals surface area contributed by atoms with Crippen molar-refractivity contribution in [2.45, 2.75) is 25.9 Å². The van der Waals surface area contributed by atoms with Crippen LogP contribution in [0.2, 0.25) is 0 Å². The SMILES string of the molecule is CSN1CCC(OC(=O)Nc2ccnc(C)n2)CC1. The molecule has 6 nitrogen and oxygen atoms in total. The minimum Gasteiger partial charge on any atom is -0.446 e. The molecule has 104 valence electrons. The van der Waals surface area contributed by atoms with E-state index in [1.807, 2.05) is 0 Å². The quantitative estimate of drug-likeness (QED) is 0.856. The van der Waals surface area contributed by atoms with Crippen molar-refractivity contribution in [2.24, 2.45) is 0 Å². The smallest absolute Gasteiger partial charge is 0.413 e. The van der Waals surface area contributed by atoms with Crippen molar-refractivity contribution in [3.63, 3.8) is 0 Å². The first kappa shape index (κ1) is 14.1. The third-order valence-electron chi connectivity index (χ3n) is 2.94. The Balaban J connectivity index is 1.79. The van der Waals surface area contributed by atoms with Gasteiger partial charge in [-0.25, -0.2) is 14.8 Å². The Labute approximate surface area is 117 Å². The molecule has 1 aliphatic heterocycles. The van der Waals surface area contributed by atoms with Crippen molar-refractivity contribution in [3.05, 3.63) is 18.1 Å². The van der Waals surface area contributed by atoms with E-state index in [-0.39, 0.29) is 6.10 Å². The summed E-state index contributed by atoms with van der Waals surface area (Å²) in [4.78, 5) is 19.8. The molecule has 1 aromatic heterocycles. The van der Waals surface area contributed by atoms with E-state index in [4.69, 9.17) is 4.74 Å². The number of ether oxygens (including phenoxy) is 1. The number of rotatable bonds is 3. The van der Waals surface area contributed by atoms with Gasteiger partial charge in [-0.15, -0.1) is 0 Å². The highest BCUT2D eigenvalue weighted by Crippen LogP contribution is 2.18. The molecule has 1 N–H and O–H groups in total. The molecular weight excluding hydrogens is 264 g/mol. The number of carbonyl (C=O) groups is 1. The lowest BCUT2D eigenvalue weighted by atomic mass is 10.1. The van der Waals surface area contributed by atoms with Crippen LogP contribution in [0.15, 0.2) is 12.3 Å². The molecule has 1 saturated heterocycles. The van der Waals surface area contributed by atoms with Crippen LogP contribution >= 0.6 is 11.9 Å². The van der Waals surface area contributed by atoms with E-state index in [1.54, 1.807) is 31.1 Å². The highest BCUT2D eigenvalue weighted by molar-refractivity contribution is 7.96. The molecule has 2 heterocycles. The van der Waals surface area contributed by atoms with Crippen LogP contribution in [0.25, 0.3) is 0 Å². The number of nitrogens with zero attached hydrogens (tertiary/aromatic N) is 3. The molecule has 1 amide bonds. The van der Waals surface area contributed by atoms with Crippen LogP contribution in [0.3, 0.4) is 0 Å². The number of amides is 1. The lowest BCUT2D eigenvalue weighted by Gasteiger charge is -2.29. The fourth-order valence-electron chi connectivity index (χ4n) is 1.94. The maximum Gasteiger partial charge on any atom is 0.413 e. The van der Waals surface area contributed by atoms with Crippen molar-refractivity contribution < 1.29 is 9.53 Å². The summed E-state index contributed by atoms with van der Waals surface area (Å²) in [5.41, 5.74) is 0. The lowest BCUT2D eigenvalue weighted by molar-refractivity contribution is 0.0791. The van der Waals surface area contributed by atoms with Crippen molar-refractivity contribution in [1.29, 1.82) is 0 Å². The van der Waals surface area contributed by atoms with Gasteiger partial charge in [-0.05, 0) is 32.1 Å². The highest BCUT2D eigenvalue weighted by atomic mass is 32.2. The predicted octanol–water partition coefficient (Wildman–Crippen LogP) is 2.08. The minimum atomic E-state index is -0.444. The van der Waals surface area contributed by atoms with Gasteiger partial charge in [-0.2, -0.15) is 0 Å². The summed E-state index contributed by atoms with van der Waals surface area (Å²) in [6.45, 7) is 3.67. The van der Waals surface area contributed by atoms with Crippen LogP contribution in [0.5, 0.6) is 0 Å². The Morgan fingerprint density at radius 2 is 2.26 bits per heavy atom. The van der Waals surface area contributed by atoms with Gasteiger partial charge in [0.15, 0.2) is 0 Å². The number of aromatic nitrogens is 2. The van der Waals surface area contributed by atoms with Crippen LogP contribution in [0, 0.1) is 6.92 Å². The number of carbonyl (C=O) groups excluding carboxylic acids is 1. The minimum absolute atomic E-state index is 0.00802. The molecule has 0 radical (unpaired) electrons. The Kier molecular flexibility index (Phi) is 4.98. The summed E-state index contributed by atoms with van der Waals surface area (Å²) in [5.74, 6) is 1.09. The van der Waals surface area contributed by atoms with E-state index in [9.17, 15) is 4.79 Å². The van der Waals surface area contributed by atoms with E-state index in [1.165, 1.54) is 0 Å². The van der Waals surface area contributed by atoms with Crippen LogP contribution in [-0.4, -0.2) is 45.8 Å². The molecule has 0 atom stereocenters. The summed E-state index contributed by atoms with van der Waals surface area (Å²) < 4.78 is 7.65. The molecule has 0 spiro atoms. The fraction of sp³-hybridized carbons (Fsp3) is 0.583. The molecule has 1 aromatic rings. The third kappa shape index (κ3) is 4.36. The normalized spacial score (nSPS) is 17.2. The number of anilines is 1. The fourth-order valence-corrected chi connectivity index (χ4v) is 2.52. The van der Waals surface area contributed by atoms with Crippen molar-refractivity contribution >= 4 is 23.9 Å². The number of aryl methyl sites for hydroxylation is 1. The highest BCUT2D eigenvalue weighted by Gasteiger charge is 2.21. The van der Waals surface area contributed by atoms with Gasteiger partial charge in [0.1, 0.15) is 17.7 Å². The van der Waals surface area contributed by atoms with Crippen LogP contribution in [0.4, 0.5) is 10.6 Å². The monoisotopic (exact) mass is 282 g/mol. The number of piperidine rings is 1. The largest absolute Gasteiger partial charge is 0.446 e. The molecule has 2 rings (SSSR count). The third-order valence-corrected chi connectivity index (χ3v) is 3.82. The van der Waals surface area contributed by atoms with E-state index in [2.05, 4.69) is 25.8 Å². The number of hydrogen-bond donors (Lipinski definition) is 1. The zero-order chi connectivity index (χ0) is 13.7. The summed E-state index contributed by atoms with van der Waals surface area (Å²) in [6.07, 6.45) is 4.96. The molecular formula is C12H18N4O2S. The van der Waals surface area contributed by atoms with Crippen molar-refractivity contribution in [3.8, 4) is 0 Å². The maximum atomic E-state index is 11.7. The second-order valence-corrected chi connectivity index (χ2v) is 5.21. The summed E-state index contributed by atoms with van der Waals surface area (Å²) in [6, 6.07) is 1.64. The van der Waals surface area contributed by atoms with Crippen molar-refractivity contribution in [2.75, 3.05) is 24.7 Å². The second kappa shape index (κ2) is 6.72. The molecule has 1 fully saturated rings. The summed E-state index contributed by atoms with van der Waals surface area (Å²) in [7, 11) is 0. The van der Waals surface area contributed by atoms with Gasteiger partial charge < -0.3 is 4.74 Å². The standard InChI is InChI=1S/C12H18N4O2S/c1-9-13-6-3-11(14-9)15-12(17)18-10-4-7-16(19-2)8-5-10/h3,6,10H,4-5,7-8H2,1-2H3,(H,13,14,15,17). The average Bonchev–Trinajstić information content (AvgIpc) is 2.39. The van der Waals surface area contributed by atoms with E-state index in [0.717, 1.165) is 25.9 Å². The van der Waals surface area contributed by atoms with E-state index < -0.39 is 6.09 Å². The Hall–Kier alpha value is -1.34. The van der Waals surface area contributed by atoms with Crippen LogP contribution in [0.1, 0.15) is 18.7 Å². The van der Waals surface area contributed by atoms with Crippen LogP contribution in [-0.2, 0) is 4.74 Å². The molecule has 19 heavy (non-hydrogen) atoms. The lowest BCUT2D eigenvalue weighted by Crippen LogP contribution is -2.34. The van der Waals surface area contributed by atoms with Crippen molar-refractivity contribution in [1.82, 2.24) is 14.3 Å². The van der Waals surface area contributed by atoms with Gasteiger partial charge in [0.25, 0.3) is 0 Å². The Bertz CT molecular complexity index is 435. The molecule has 0 aromatic carbocycles. The van der Waals surface area contributed by atoms with Gasteiger partial charge in [0, 0.05) is 19.3 Å². The molecule has 7 heteroatoms. The van der Waals surface area contributed by atoms with Gasteiger partial charge in [0.2, 0.25) is 0 Å². The zero-order valence-electron chi connectivity index (χ0n) is 11.1. The Morgan fingerprint density at radius 1 is 1.53 bits per heavy atom. The summed E-state index contributed by atoms with van der Waals surface area (Å²) in [5, 5.41) is 2.62. The Morgan fingerprint density at radius 3 is 2.89 bits per heavy atom. The maximum absolute atomic E-state index is 11.7. The predicted molar refractivity (Wildman–Crippen MR) is 75.0 cm³/mol. The zero-order valence-corrected chi connectivity index (χ0v) is 11.9. The van der Waals surface area contributed by atoms with Gasteiger partial charge in [-0.1, -0.05) is 11.9 Å². The molecule has 0 unspecified atom stereocenters. The van der Waals surface area contributed by atoms with Crippen LogP contribution < -0.4 is 5.32 Å². The summed E-state index contributed by atoms with van der Waals surface area (Å²) >= 11 is 1.73. The topological polar surface area (TPSA) is 67.3 Å².